The highest BCUT2D eigenvalue weighted by Crippen LogP contribution is 2.49. The van der Waals surface area contributed by atoms with Crippen LogP contribution in [0.2, 0.25) is 5.15 Å². The van der Waals surface area contributed by atoms with Crippen LogP contribution in [0.25, 0.3) is 0 Å². The van der Waals surface area contributed by atoms with Crippen LogP contribution in [0.5, 0.6) is 5.75 Å². The van der Waals surface area contributed by atoms with E-state index in [0.717, 1.165) is 19.6 Å². The molecule has 0 amide bonds. The maximum atomic E-state index is 5.94. The van der Waals surface area contributed by atoms with E-state index in [1.54, 1.807) is 14.2 Å². The number of halogens is 1. The molecule has 1 aromatic heterocycles. The lowest BCUT2D eigenvalue weighted by atomic mass is 10.0. The second-order valence-corrected chi connectivity index (χ2v) is 5.00. The average molecular weight is 272 g/mol. The lowest BCUT2D eigenvalue weighted by molar-refractivity contribution is 0.175. The van der Waals surface area contributed by atoms with Crippen molar-refractivity contribution in [1.82, 2.24) is 9.97 Å². The van der Waals surface area contributed by atoms with E-state index >= 15 is 0 Å². The summed E-state index contributed by atoms with van der Waals surface area (Å²) in [7, 11) is 3.30. The Morgan fingerprint density at radius 2 is 2.17 bits per heavy atom. The molecular formula is C12H18ClN3O2. The molecule has 0 spiro atoms. The van der Waals surface area contributed by atoms with Crippen LogP contribution in [0.3, 0.4) is 0 Å². The molecule has 0 saturated heterocycles. The molecule has 2 rings (SSSR count). The Hall–Kier alpha value is -1.07. The van der Waals surface area contributed by atoms with Crippen molar-refractivity contribution in [2.45, 2.75) is 19.3 Å². The van der Waals surface area contributed by atoms with E-state index in [-0.39, 0.29) is 0 Å². The maximum absolute atomic E-state index is 5.94. The molecule has 6 heteroatoms. The Labute approximate surface area is 112 Å². The highest BCUT2D eigenvalue weighted by Gasteiger charge is 2.41. The SMILES string of the molecule is COCCC1(CNc2ncnc(Cl)c2OC)CC1. The number of hydrogen-bond acceptors (Lipinski definition) is 5. The van der Waals surface area contributed by atoms with Crippen molar-refractivity contribution >= 4 is 17.4 Å². The van der Waals surface area contributed by atoms with Gasteiger partial charge in [-0.1, -0.05) is 11.6 Å². The minimum atomic E-state index is 0.330. The predicted octanol–water partition coefficient (Wildman–Crippen LogP) is 2.37. The quantitative estimate of drug-likeness (QED) is 0.772. The Kier molecular flexibility index (Phi) is 4.24. The molecule has 0 aliphatic heterocycles. The molecule has 100 valence electrons. The zero-order valence-corrected chi connectivity index (χ0v) is 11.5. The van der Waals surface area contributed by atoms with Crippen molar-refractivity contribution < 1.29 is 9.47 Å². The molecule has 0 radical (unpaired) electrons. The van der Waals surface area contributed by atoms with Crippen LogP contribution in [0.4, 0.5) is 5.82 Å². The van der Waals surface area contributed by atoms with E-state index in [0.29, 0.717) is 22.1 Å². The standard InChI is InChI=1S/C12H18ClN3O2/c1-17-6-5-12(3-4-12)7-14-11-9(18-2)10(13)15-8-16-11/h8H,3-7H2,1-2H3,(H,14,15,16). The van der Waals surface area contributed by atoms with Crippen molar-refractivity contribution in [3.8, 4) is 5.75 Å². The van der Waals surface area contributed by atoms with E-state index in [9.17, 15) is 0 Å². The highest BCUT2D eigenvalue weighted by molar-refractivity contribution is 6.31. The first-order chi connectivity index (χ1) is 8.71. The monoisotopic (exact) mass is 271 g/mol. The second-order valence-electron chi connectivity index (χ2n) is 4.64. The van der Waals surface area contributed by atoms with E-state index in [1.165, 1.54) is 19.2 Å². The van der Waals surface area contributed by atoms with Gasteiger partial charge in [-0.2, -0.15) is 0 Å². The van der Waals surface area contributed by atoms with Crippen LogP contribution in [-0.4, -0.2) is 37.3 Å². The lowest BCUT2D eigenvalue weighted by Crippen LogP contribution is -2.18. The van der Waals surface area contributed by atoms with Crippen LogP contribution >= 0.6 is 11.6 Å². The summed E-state index contributed by atoms with van der Waals surface area (Å²) in [4.78, 5) is 8.05. The van der Waals surface area contributed by atoms with Crippen LogP contribution < -0.4 is 10.1 Å². The van der Waals surface area contributed by atoms with Crippen molar-refractivity contribution in [2.75, 3.05) is 32.7 Å². The number of anilines is 1. The number of methoxy groups -OCH3 is 2. The molecule has 1 aromatic rings. The minimum absolute atomic E-state index is 0.330. The van der Waals surface area contributed by atoms with Gasteiger partial charge in [-0.15, -0.1) is 0 Å². The topological polar surface area (TPSA) is 56.3 Å². The van der Waals surface area contributed by atoms with Gasteiger partial charge in [-0.3, -0.25) is 0 Å². The second kappa shape index (κ2) is 5.71. The number of rotatable bonds is 7. The van der Waals surface area contributed by atoms with Crippen molar-refractivity contribution in [2.24, 2.45) is 5.41 Å². The van der Waals surface area contributed by atoms with Gasteiger partial charge in [0.05, 0.1) is 7.11 Å². The Morgan fingerprint density at radius 1 is 1.39 bits per heavy atom. The summed E-state index contributed by atoms with van der Waals surface area (Å²) in [5.74, 6) is 1.16. The normalized spacial score (nSPS) is 16.4. The largest absolute Gasteiger partial charge is 0.490 e. The van der Waals surface area contributed by atoms with Gasteiger partial charge in [0, 0.05) is 20.3 Å². The fourth-order valence-electron chi connectivity index (χ4n) is 1.94. The summed E-state index contributed by atoms with van der Waals surface area (Å²) in [6, 6.07) is 0. The van der Waals surface area contributed by atoms with Crippen LogP contribution in [0.15, 0.2) is 6.33 Å². The van der Waals surface area contributed by atoms with Crippen LogP contribution in [-0.2, 0) is 4.74 Å². The first-order valence-electron chi connectivity index (χ1n) is 5.98. The number of aromatic nitrogens is 2. The molecule has 5 nitrogen and oxygen atoms in total. The molecular weight excluding hydrogens is 254 g/mol. The maximum Gasteiger partial charge on any atom is 0.198 e. The third-order valence-electron chi connectivity index (χ3n) is 3.39. The number of nitrogens with one attached hydrogen (secondary N) is 1. The summed E-state index contributed by atoms with van der Waals surface area (Å²) in [6.45, 7) is 1.66. The third-order valence-corrected chi connectivity index (χ3v) is 3.66. The van der Waals surface area contributed by atoms with E-state index in [1.807, 2.05) is 0 Å². The molecule has 0 bridgehead atoms. The zero-order chi connectivity index (χ0) is 13.0. The molecule has 1 heterocycles. The Bertz CT molecular complexity index is 410. The Balaban J connectivity index is 1.96. The van der Waals surface area contributed by atoms with Gasteiger partial charge in [0.1, 0.15) is 6.33 Å². The summed E-state index contributed by atoms with van der Waals surface area (Å²) in [5.41, 5.74) is 0.346. The molecule has 1 saturated carbocycles. The summed E-state index contributed by atoms with van der Waals surface area (Å²) in [5, 5.41) is 3.63. The smallest absolute Gasteiger partial charge is 0.198 e. The van der Waals surface area contributed by atoms with Crippen molar-refractivity contribution in [3.63, 3.8) is 0 Å². The van der Waals surface area contributed by atoms with E-state index in [2.05, 4.69) is 15.3 Å². The number of ether oxygens (including phenoxy) is 2. The van der Waals surface area contributed by atoms with Gasteiger partial charge >= 0.3 is 0 Å². The molecule has 1 aliphatic rings. The molecule has 1 fully saturated rings. The molecule has 0 atom stereocenters. The minimum Gasteiger partial charge on any atom is -0.490 e. The average Bonchev–Trinajstić information content (AvgIpc) is 3.15. The van der Waals surface area contributed by atoms with Gasteiger partial charge in [-0.25, -0.2) is 9.97 Å². The zero-order valence-electron chi connectivity index (χ0n) is 10.7. The van der Waals surface area contributed by atoms with E-state index < -0.39 is 0 Å². The third kappa shape index (κ3) is 3.03. The molecule has 1 aliphatic carbocycles. The Morgan fingerprint density at radius 3 is 2.78 bits per heavy atom. The fourth-order valence-corrected chi connectivity index (χ4v) is 2.15. The van der Waals surface area contributed by atoms with Crippen molar-refractivity contribution in [3.05, 3.63) is 11.5 Å². The highest BCUT2D eigenvalue weighted by atomic mass is 35.5. The lowest BCUT2D eigenvalue weighted by Gasteiger charge is -2.17. The summed E-state index contributed by atoms with van der Waals surface area (Å²) < 4.78 is 10.3. The number of nitrogens with zero attached hydrogens (tertiary/aromatic N) is 2. The van der Waals surface area contributed by atoms with Gasteiger partial charge < -0.3 is 14.8 Å². The molecule has 1 N–H and O–H groups in total. The van der Waals surface area contributed by atoms with Gasteiger partial charge in [0.25, 0.3) is 0 Å². The first kappa shape index (κ1) is 13.4. The molecule has 0 unspecified atom stereocenters. The molecule has 0 aromatic carbocycles. The van der Waals surface area contributed by atoms with Gasteiger partial charge in [-0.05, 0) is 24.7 Å². The summed E-state index contributed by atoms with van der Waals surface area (Å²) >= 11 is 5.94. The van der Waals surface area contributed by atoms with Crippen LogP contribution in [0.1, 0.15) is 19.3 Å². The number of hydrogen-bond donors (Lipinski definition) is 1. The summed E-state index contributed by atoms with van der Waals surface area (Å²) in [6.07, 6.45) is 4.95. The van der Waals surface area contributed by atoms with Crippen molar-refractivity contribution in [1.29, 1.82) is 0 Å². The van der Waals surface area contributed by atoms with Gasteiger partial charge in [0.2, 0.25) is 0 Å². The predicted molar refractivity (Wildman–Crippen MR) is 70.2 cm³/mol. The van der Waals surface area contributed by atoms with Crippen LogP contribution in [0, 0.1) is 5.41 Å². The first-order valence-corrected chi connectivity index (χ1v) is 6.36. The fraction of sp³-hybridized carbons (Fsp3) is 0.667. The molecule has 18 heavy (non-hydrogen) atoms. The van der Waals surface area contributed by atoms with E-state index in [4.69, 9.17) is 21.1 Å². The van der Waals surface area contributed by atoms with Gasteiger partial charge in [0.15, 0.2) is 16.7 Å².